The van der Waals surface area contributed by atoms with E-state index in [1.165, 1.54) is 6.26 Å². The second-order valence-electron chi connectivity index (χ2n) is 4.36. The van der Waals surface area contributed by atoms with Gasteiger partial charge in [-0.05, 0) is 25.5 Å². The second kappa shape index (κ2) is 6.75. The van der Waals surface area contributed by atoms with E-state index in [2.05, 4.69) is 14.9 Å². The monoisotopic (exact) mass is 327 g/mol. The van der Waals surface area contributed by atoms with Gasteiger partial charge in [0.2, 0.25) is 5.03 Å². The highest BCUT2D eigenvalue weighted by Gasteiger charge is 2.29. The van der Waals surface area contributed by atoms with Gasteiger partial charge in [-0.25, -0.2) is 17.9 Å². The molecular weight excluding hydrogens is 310 g/mol. The summed E-state index contributed by atoms with van der Waals surface area (Å²) in [5.74, 6) is -0.265. The lowest BCUT2D eigenvalue weighted by molar-refractivity contribution is 0.0520. The number of hydrogen-bond acceptors (Lipinski definition) is 6. The molecule has 0 amide bonds. The third-order valence-electron chi connectivity index (χ3n) is 2.91. The third-order valence-corrected chi connectivity index (χ3v) is 4.24. The van der Waals surface area contributed by atoms with Crippen LogP contribution in [0.2, 0.25) is 0 Å². The summed E-state index contributed by atoms with van der Waals surface area (Å²) in [6, 6.07) is 3.29. The first-order valence-corrected chi connectivity index (χ1v) is 8.24. The summed E-state index contributed by atoms with van der Waals surface area (Å²) < 4.78 is 37.0. The summed E-state index contributed by atoms with van der Waals surface area (Å²) in [7, 11) is -3.97. The lowest BCUT2D eigenvalue weighted by Crippen LogP contribution is -2.25. The lowest BCUT2D eigenvalue weighted by Gasteiger charge is -2.06. The molecule has 0 fully saturated rings. The smallest absolute Gasteiger partial charge is 0.343 e. The van der Waals surface area contributed by atoms with E-state index in [1.54, 1.807) is 26.0 Å². The molecule has 2 rings (SSSR count). The molecular formula is C13H17N3O5S. The van der Waals surface area contributed by atoms with E-state index in [0.29, 0.717) is 17.9 Å². The largest absolute Gasteiger partial charge is 0.468 e. The van der Waals surface area contributed by atoms with E-state index in [-0.39, 0.29) is 23.7 Å². The van der Waals surface area contributed by atoms with E-state index in [1.807, 2.05) is 0 Å². The molecule has 8 nitrogen and oxygen atoms in total. The molecule has 2 aromatic rings. The molecule has 0 aliphatic heterocycles. The molecule has 0 aromatic carbocycles. The third kappa shape index (κ3) is 3.37. The Bertz CT molecular complexity index is 734. The van der Waals surface area contributed by atoms with Crippen LogP contribution in [0.5, 0.6) is 0 Å². The Kier molecular flexibility index (Phi) is 4.99. The molecule has 2 heterocycles. The molecule has 0 saturated heterocycles. The second-order valence-corrected chi connectivity index (χ2v) is 6.04. The van der Waals surface area contributed by atoms with Crippen molar-refractivity contribution in [2.75, 3.05) is 6.61 Å². The molecule has 0 saturated carbocycles. The molecule has 0 aliphatic rings. The van der Waals surface area contributed by atoms with E-state index in [4.69, 9.17) is 9.15 Å². The minimum atomic E-state index is -3.97. The fourth-order valence-corrected chi connectivity index (χ4v) is 2.98. The molecule has 2 N–H and O–H groups in total. The SMILES string of the molecule is CCOC(=O)c1c(S(=O)(=O)NCc2ccco2)n[nH]c1CC. The molecule has 120 valence electrons. The Morgan fingerprint density at radius 2 is 2.23 bits per heavy atom. The Morgan fingerprint density at radius 3 is 2.82 bits per heavy atom. The summed E-state index contributed by atoms with van der Waals surface area (Å²) in [5, 5.41) is 5.96. The molecule has 0 radical (unpaired) electrons. The Labute approximate surface area is 127 Å². The number of aromatic amines is 1. The molecule has 0 spiro atoms. The Balaban J connectivity index is 2.30. The number of aryl methyl sites for hydroxylation is 1. The predicted octanol–water partition coefficient (Wildman–Crippen LogP) is 1.22. The number of H-pyrrole nitrogens is 1. The van der Waals surface area contributed by atoms with Gasteiger partial charge in [-0.2, -0.15) is 5.10 Å². The quantitative estimate of drug-likeness (QED) is 0.739. The van der Waals surface area contributed by atoms with Crippen molar-refractivity contribution >= 4 is 16.0 Å². The average molecular weight is 327 g/mol. The maximum Gasteiger partial charge on any atom is 0.343 e. The first-order valence-electron chi connectivity index (χ1n) is 6.76. The van der Waals surface area contributed by atoms with Gasteiger partial charge in [-0.3, -0.25) is 5.10 Å². The van der Waals surface area contributed by atoms with E-state index < -0.39 is 16.0 Å². The van der Waals surface area contributed by atoms with Gasteiger partial charge in [0.15, 0.2) is 0 Å². The number of aromatic nitrogens is 2. The summed E-state index contributed by atoms with van der Waals surface area (Å²) in [5.41, 5.74) is 0.355. The van der Waals surface area contributed by atoms with Gasteiger partial charge in [0.25, 0.3) is 10.0 Å². The summed E-state index contributed by atoms with van der Waals surface area (Å²) in [6.45, 7) is 3.54. The predicted molar refractivity (Wildman–Crippen MR) is 76.7 cm³/mol. The van der Waals surface area contributed by atoms with Crippen molar-refractivity contribution in [2.45, 2.75) is 31.8 Å². The van der Waals surface area contributed by atoms with Crippen molar-refractivity contribution in [3.05, 3.63) is 35.4 Å². The zero-order valence-corrected chi connectivity index (χ0v) is 13.1. The number of nitrogens with zero attached hydrogens (tertiary/aromatic N) is 1. The van der Waals surface area contributed by atoms with Crippen LogP contribution < -0.4 is 4.72 Å². The topological polar surface area (TPSA) is 114 Å². The van der Waals surface area contributed by atoms with E-state index in [9.17, 15) is 13.2 Å². The van der Waals surface area contributed by atoms with Gasteiger partial charge < -0.3 is 9.15 Å². The van der Waals surface area contributed by atoms with Crippen molar-refractivity contribution in [1.82, 2.24) is 14.9 Å². The highest BCUT2D eigenvalue weighted by atomic mass is 32.2. The number of rotatable bonds is 7. The molecule has 0 aliphatic carbocycles. The highest BCUT2D eigenvalue weighted by molar-refractivity contribution is 7.89. The minimum Gasteiger partial charge on any atom is -0.468 e. The van der Waals surface area contributed by atoms with Gasteiger partial charge >= 0.3 is 5.97 Å². The van der Waals surface area contributed by atoms with Gasteiger partial charge in [0.05, 0.1) is 25.1 Å². The zero-order chi connectivity index (χ0) is 16.2. The number of furan rings is 1. The summed E-state index contributed by atoms with van der Waals surface area (Å²) >= 11 is 0. The molecule has 2 aromatic heterocycles. The number of hydrogen-bond donors (Lipinski definition) is 2. The number of ether oxygens (including phenoxy) is 1. The first-order chi connectivity index (χ1) is 10.5. The lowest BCUT2D eigenvalue weighted by atomic mass is 10.2. The van der Waals surface area contributed by atoms with Crippen LogP contribution in [0.25, 0.3) is 0 Å². The number of carbonyl (C=O) groups excluding carboxylic acids is 1. The van der Waals surface area contributed by atoms with Crippen LogP contribution in [0.1, 0.15) is 35.7 Å². The standard InChI is InChI=1S/C13H17N3O5S/c1-3-10-11(13(17)20-4-2)12(16-15-10)22(18,19)14-8-9-6-5-7-21-9/h5-7,14H,3-4,8H2,1-2H3,(H,15,16). The summed E-state index contributed by atoms with van der Waals surface area (Å²) in [4.78, 5) is 12.0. The van der Waals surface area contributed by atoms with Gasteiger partial charge in [-0.1, -0.05) is 6.92 Å². The maximum absolute atomic E-state index is 12.3. The van der Waals surface area contributed by atoms with Crippen molar-refractivity contribution < 1.29 is 22.4 Å². The van der Waals surface area contributed by atoms with Crippen LogP contribution >= 0.6 is 0 Å². The Morgan fingerprint density at radius 1 is 1.45 bits per heavy atom. The van der Waals surface area contributed by atoms with Gasteiger partial charge in [0, 0.05) is 0 Å². The molecule has 0 atom stereocenters. The van der Waals surface area contributed by atoms with Crippen molar-refractivity contribution in [3.8, 4) is 0 Å². The normalized spacial score (nSPS) is 11.5. The van der Waals surface area contributed by atoms with Gasteiger partial charge in [0.1, 0.15) is 11.3 Å². The van der Waals surface area contributed by atoms with Gasteiger partial charge in [-0.15, -0.1) is 0 Å². The maximum atomic E-state index is 12.3. The van der Waals surface area contributed by atoms with E-state index >= 15 is 0 Å². The summed E-state index contributed by atoms with van der Waals surface area (Å²) in [6.07, 6.45) is 1.87. The van der Waals surface area contributed by atoms with E-state index in [0.717, 1.165) is 0 Å². The average Bonchev–Trinajstić information content (AvgIpc) is 3.14. The Hall–Kier alpha value is -2.13. The van der Waals surface area contributed by atoms with Crippen molar-refractivity contribution in [2.24, 2.45) is 0 Å². The zero-order valence-electron chi connectivity index (χ0n) is 12.3. The van der Waals surface area contributed by atoms with Crippen LogP contribution in [0.15, 0.2) is 27.8 Å². The molecule has 9 heteroatoms. The van der Waals surface area contributed by atoms with Crippen LogP contribution in [0.3, 0.4) is 0 Å². The van der Waals surface area contributed by atoms with Crippen LogP contribution in [-0.2, 0) is 27.7 Å². The molecule has 0 unspecified atom stereocenters. The van der Waals surface area contributed by atoms with Crippen LogP contribution in [-0.4, -0.2) is 31.2 Å². The highest BCUT2D eigenvalue weighted by Crippen LogP contribution is 2.19. The molecule has 0 bridgehead atoms. The molecule has 22 heavy (non-hydrogen) atoms. The number of sulfonamides is 1. The minimum absolute atomic E-state index is 0.0358. The number of carbonyl (C=O) groups is 1. The first kappa shape index (κ1) is 16.2. The van der Waals surface area contributed by atoms with Crippen molar-refractivity contribution in [3.63, 3.8) is 0 Å². The van der Waals surface area contributed by atoms with Crippen LogP contribution in [0.4, 0.5) is 0 Å². The van der Waals surface area contributed by atoms with Crippen LogP contribution in [0, 0.1) is 0 Å². The number of nitrogens with one attached hydrogen (secondary N) is 2. The fraction of sp³-hybridized carbons (Fsp3) is 0.385. The fourth-order valence-electron chi connectivity index (χ4n) is 1.87. The number of esters is 1. The van der Waals surface area contributed by atoms with Crippen molar-refractivity contribution in [1.29, 1.82) is 0 Å².